The molecule has 2 heterocycles. The highest BCUT2D eigenvalue weighted by atomic mass is 16.1. The van der Waals surface area contributed by atoms with Crippen molar-refractivity contribution in [2.24, 2.45) is 7.05 Å². The Hall–Kier alpha value is -2.10. The van der Waals surface area contributed by atoms with Crippen molar-refractivity contribution in [3.63, 3.8) is 0 Å². The first-order valence-electron chi connectivity index (χ1n) is 6.16. The van der Waals surface area contributed by atoms with Gasteiger partial charge in [0.1, 0.15) is 5.69 Å². The summed E-state index contributed by atoms with van der Waals surface area (Å²) >= 11 is 0. The van der Waals surface area contributed by atoms with E-state index in [4.69, 9.17) is 0 Å². The van der Waals surface area contributed by atoms with Crippen LogP contribution in [0.2, 0.25) is 0 Å². The van der Waals surface area contributed by atoms with Gasteiger partial charge in [0.25, 0.3) is 0 Å². The molecule has 0 saturated heterocycles. The minimum atomic E-state index is 0.0514. The standard InChI is InChI=1S/C14H15N3O/c1-17-13(7-9-16-17)14(18)11-4-2-6-12-10(11)5-3-8-15-12/h2,4,6-7,9,15H,3,5,8H2,1H3. The van der Waals surface area contributed by atoms with E-state index >= 15 is 0 Å². The number of fused-ring (bicyclic) bond motifs is 1. The van der Waals surface area contributed by atoms with Gasteiger partial charge in [-0.3, -0.25) is 9.48 Å². The van der Waals surface area contributed by atoms with Crippen LogP contribution in [0.25, 0.3) is 0 Å². The van der Waals surface area contributed by atoms with Gasteiger partial charge in [0, 0.05) is 31.0 Å². The molecular formula is C14H15N3O. The lowest BCUT2D eigenvalue weighted by molar-refractivity contribution is 0.102. The van der Waals surface area contributed by atoms with Gasteiger partial charge in [-0.25, -0.2) is 0 Å². The summed E-state index contributed by atoms with van der Waals surface area (Å²) in [6, 6.07) is 7.63. The smallest absolute Gasteiger partial charge is 0.211 e. The van der Waals surface area contributed by atoms with E-state index in [1.54, 1.807) is 24.0 Å². The van der Waals surface area contributed by atoms with Crippen molar-refractivity contribution in [2.45, 2.75) is 12.8 Å². The van der Waals surface area contributed by atoms with Gasteiger partial charge in [-0.15, -0.1) is 0 Å². The maximum absolute atomic E-state index is 12.5. The molecular weight excluding hydrogens is 226 g/mol. The third kappa shape index (κ3) is 1.70. The van der Waals surface area contributed by atoms with Gasteiger partial charge in [-0.1, -0.05) is 12.1 Å². The molecule has 0 unspecified atom stereocenters. The molecule has 0 amide bonds. The number of ketones is 1. The molecule has 1 aliphatic rings. The Morgan fingerprint density at radius 2 is 2.28 bits per heavy atom. The topological polar surface area (TPSA) is 46.9 Å². The summed E-state index contributed by atoms with van der Waals surface area (Å²) in [4.78, 5) is 12.5. The quantitative estimate of drug-likeness (QED) is 0.818. The molecule has 0 atom stereocenters. The molecule has 0 saturated carbocycles. The van der Waals surface area contributed by atoms with Gasteiger partial charge in [0.15, 0.2) is 0 Å². The predicted octanol–water partition coefficient (Wildman–Crippen LogP) is 2.01. The van der Waals surface area contributed by atoms with Crippen molar-refractivity contribution < 1.29 is 4.79 Å². The van der Waals surface area contributed by atoms with Crippen LogP contribution in [0.3, 0.4) is 0 Å². The second kappa shape index (κ2) is 4.29. The Kier molecular flexibility index (Phi) is 2.63. The Bertz CT molecular complexity index is 601. The van der Waals surface area contributed by atoms with E-state index in [-0.39, 0.29) is 5.78 Å². The molecule has 4 heteroatoms. The van der Waals surface area contributed by atoms with Crippen molar-refractivity contribution in [2.75, 3.05) is 11.9 Å². The number of aryl methyl sites for hydroxylation is 1. The van der Waals surface area contributed by atoms with E-state index in [1.165, 1.54) is 0 Å². The van der Waals surface area contributed by atoms with E-state index < -0.39 is 0 Å². The van der Waals surface area contributed by atoms with Gasteiger partial charge in [-0.05, 0) is 30.5 Å². The minimum absolute atomic E-state index is 0.0514. The lowest BCUT2D eigenvalue weighted by Gasteiger charge is -2.20. The number of hydrogen-bond acceptors (Lipinski definition) is 3. The maximum Gasteiger partial charge on any atom is 0.211 e. The lowest BCUT2D eigenvalue weighted by atomic mass is 9.94. The zero-order chi connectivity index (χ0) is 12.5. The highest BCUT2D eigenvalue weighted by Gasteiger charge is 2.20. The number of rotatable bonds is 2. The first-order chi connectivity index (χ1) is 8.77. The largest absolute Gasteiger partial charge is 0.385 e. The summed E-state index contributed by atoms with van der Waals surface area (Å²) in [7, 11) is 1.79. The molecule has 0 fully saturated rings. The van der Waals surface area contributed by atoms with Crippen molar-refractivity contribution >= 4 is 11.5 Å². The van der Waals surface area contributed by atoms with Crippen LogP contribution in [0.15, 0.2) is 30.5 Å². The third-order valence-corrected chi connectivity index (χ3v) is 3.39. The van der Waals surface area contributed by atoms with Crippen LogP contribution in [-0.4, -0.2) is 22.1 Å². The third-order valence-electron chi connectivity index (χ3n) is 3.39. The Morgan fingerprint density at radius 3 is 3.06 bits per heavy atom. The Morgan fingerprint density at radius 1 is 1.39 bits per heavy atom. The second-order valence-corrected chi connectivity index (χ2v) is 4.53. The molecule has 4 nitrogen and oxygen atoms in total. The van der Waals surface area contributed by atoms with Crippen LogP contribution < -0.4 is 5.32 Å². The zero-order valence-electron chi connectivity index (χ0n) is 10.3. The molecule has 3 rings (SSSR count). The highest BCUT2D eigenvalue weighted by Crippen LogP contribution is 2.26. The fourth-order valence-corrected chi connectivity index (χ4v) is 2.46. The summed E-state index contributed by atoms with van der Waals surface area (Å²) in [5.41, 5.74) is 3.65. The minimum Gasteiger partial charge on any atom is -0.385 e. The van der Waals surface area contributed by atoms with Gasteiger partial charge in [-0.2, -0.15) is 5.10 Å². The molecule has 0 aliphatic carbocycles. The van der Waals surface area contributed by atoms with Crippen molar-refractivity contribution in [1.82, 2.24) is 9.78 Å². The number of nitrogens with zero attached hydrogens (tertiary/aromatic N) is 2. The van der Waals surface area contributed by atoms with Crippen molar-refractivity contribution in [3.8, 4) is 0 Å². The fourth-order valence-electron chi connectivity index (χ4n) is 2.46. The van der Waals surface area contributed by atoms with Gasteiger partial charge in [0.2, 0.25) is 5.78 Å². The summed E-state index contributed by atoms with van der Waals surface area (Å²) in [5, 5.41) is 7.40. The van der Waals surface area contributed by atoms with E-state index in [1.807, 2.05) is 18.2 Å². The van der Waals surface area contributed by atoms with Crippen LogP contribution in [0.4, 0.5) is 5.69 Å². The van der Waals surface area contributed by atoms with E-state index in [0.29, 0.717) is 5.69 Å². The Labute approximate surface area is 106 Å². The van der Waals surface area contributed by atoms with E-state index in [2.05, 4.69) is 10.4 Å². The monoisotopic (exact) mass is 241 g/mol. The summed E-state index contributed by atoms with van der Waals surface area (Å²) < 4.78 is 1.62. The molecule has 1 aromatic carbocycles. The molecule has 2 aromatic rings. The zero-order valence-corrected chi connectivity index (χ0v) is 10.3. The molecule has 0 spiro atoms. The summed E-state index contributed by atoms with van der Waals surface area (Å²) in [5.74, 6) is 0.0514. The molecule has 92 valence electrons. The molecule has 0 radical (unpaired) electrons. The fraction of sp³-hybridized carbons (Fsp3) is 0.286. The van der Waals surface area contributed by atoms with Crippen LogP contribution in [0.5, 0.6) is 0 Å². The van der Waals surface area contributed by atoms with Gasteiger partial charge < -0.3 is 5.32 Å². The normalized spacial score (nSPS) is 13.8. The van der Waals surface area contributed by atoms with Crippen LogP contribution in [0, 0.1) is 0 Å². The number of aromatic nitrogens is 2. The van der Waals surface area contributed by atoms with Crippen LogP contribution >= 0.6 is 0 Å². The maximum atomic E-state index is 12.5. The Balaban J connectivity index is 2.07. The number of hydrogen-bond donors (Lipinski definition) is 1. The van der Waals surface area contributed by atoms with E-state index in [0.717, 1.165) is 36.2 Å². The van der Waals surface area contributed by atoms with Crippen LogP contribution in [-0.2, 0) is 13.5 Å². The first-order valence-corrected chi connectivity index (χ1v) is 6.16. The van der Waals surface area contributed by atoms with Gasteiger partial charge in [0.05, 0.1) is 0 Å². The second-order valence-electron chi connectivity index (χ2n) is 4.53. The van der Waals surface area contributed by atoms with Crippen molar-refractivity contribution in [1.29, 1.82) is 0 Å². The van der Waals surface area contributed by atoms with Crippen LogP contribution in [0.1, 0.15) is 28.0 Å². The summed E-state index contributed by atoms with van der Waals surface area (Å²) in [6.45, 7) is 0.982. The average molecular weight is 241 g/mol. The molecule has 0 bridgehead atoms. The number of anilines is 1. The van der Waals surface area contributed by atoms with Crippen molar-refractivity contribution in [3.05, 3.63) is 47.3 Å². The molecule has 1 aromatic heterocycles. The predicted molar refractivity (Wildman–Crippen MR) is 69.9 cm³/mol. The molecule has 18 heavy (non-hydrogen) atoms. The number of nitrogens with one attached hydrogen (secondary N) is 1. The molecule has 1 aliphatic heterocycles. The first kappa shape index (κ1) is 11.0. The SMILES string of the molecule is Cn1nccc1C(=O)c1cccc2c1CCCN2. The highest BCUT2D eigenvalue weighted by molar-refractivity contribution is 6.09. The lowest BCUT2D eigenvalue weighted by Crippen LogP contribution is -2.17. The summed E-state index contributed by atoms with van der Waals surface area (Å²) in [6.07, 6.45) is 3.69. The van der Waals surface area contributed by atoms with E-state index in [9.17, 15) is 4.79 Å². The molecule has 1 N–H and O–H groups in total. The van der Waals surface area contributed by atoms with Gasteiger partial charge >= 0.3 is 0 Å². The number of carbonyl (C=O) groups is 1. The number of benzene rings is 1. The average Bonchev–Trinajstić information content (AvgIpc) is 2.83. The number of carbonyl (C=O) groups excluding carboxylic acids is 1.